The van der Waals surface area contributed by atoms with Crippen molar-refractivity contribution in [1.82, 2.24) is 19.2 Å². The Labute approximate surface area is 121 Å². The number of nitrogens with zero attached hydrogens (tertiary/aromatic N) is 4. The number of hydrogen-bond acceptors (Lipinski definition) is 4. The molecule has 108 valence electrons. The third-order valence-electron chi connectivity index (χ3n) is 3.18. The van der Waals surface area contributed by atoms with Gasteiger partial charge < -0.3 is 15.9 Å². The minimum absolute atomic E-state index is 0.0185. The molecule has 3 aromatic rings. The van der Waals surface area contributed by atoms with Crippen molar-refractivity contribution in [3.63, 3.8) is 0 Å². The predicted molar refractivity (Wildman–Crippen MR) is 78.2 cm³/mol. The number of nitrogens with two attached hydrogens (primary N) is 2. The van der Waals surface area contributed by atoms with Crippen LogP contribution < -0.4 is 11.5 Å². The van der Waals surface area contributed by atoms with E-state index in [1.165, 1.54) is 0 Å². The number of imidazole rings is 1. The van der Waals surface area contributed by atoms with Crippen LogP contribution in [0.1, 0.15) is 23.1 Å². The molecule has 4 N–H and O–H groups in total. The number of carbonyl (C=O) groups excluding carboxylic acids is 1. The normalized spacial score (nSPS) is 12.7. The van der Waals surface area contributed by atoms with Crippen LogP contribution in [0.4, 0.5) is 0 Å². The molecule has 0 spiro atoms. The maximum Gasteiger partial charge on any atom is 0.269 e. The van der Waals surface area contributed by atoms with Gasteiger partial charge in [0.2, 0.25) is 0 Å². The smallest absolute Gasteiger partial charge is 0.269 e. The predicted octanol–water partition coefficient (Wildman–Crippen LogP) is 0.509. The van der Waals surface area contributed by atoms with Crippen molar-refractivity contribution in [2.45, 2.75) is 19.4 Å². The van der Waals surface area contributed by atoms with Crippen molar-refractivity contribution >= 4 is 11.6 Å². The molecule has 7 heteroatoms. The van der Waals surface area contributed by atoms with Gasteiger partial charge in [0.05, 0.1) is 5.69 Å². The van der Waals surface area contributed by atoms with Crippen molar-refractivity contribution in [3.05, 3.63) is 48.0 Å². The fourth-order valence-electron chi connectivity index (χ4n) is 2.29. The molecule has 0 aliphatic carbocycles. The van der Waals surface area contributed by atoms with E-state index in [9.17, 15) is 4.79 Å². The number of carbonyl (C=O) groups is 1. The Hall–Kier alpha value is -2.67. The van der Waals surface area contributed by atoms with E-state index in [4.69, 9.17) is 11.5 Å². The highest BCUT2D eigenvalue weighted by Gasteiger charge is 2.16. The van der Waals surface area contributed by atoms with Crippen LogP contribution in [0.3, 0.4) is 0 Å². The molecule has 0 aliphatic heterocycles. The highest BCUT2D eigenvalue weighted by atomic mass is 16.1. The molecular formula is C14H16N6O. The van der Waals surface area contributed by atoms with Gasteiger partial charge in [-0.3, -0.25) is 4.79 Å². The van der Waals surface area contributed by atoms with Crippen molar-refractivity contribution in [2.75, 3.05) is 0 Å². The Morgan fingerprint density at radius 2 is 2.14 bits per heavy atom. The minimum Gasteiger partial charge on any atom is -0.364 e. The Morgan fingerprint density at radius 3 is 2.81 bits per heavy atom. The fourth-order valence-corrected chi connectivity index (χ4v) is 2.29. The zero-order chi connectivity index (χ0) is 15.0. The standard InChI is InChI=1S/C14H16N6O/c1-9(15)8-11-14(17-12-4-2-3-6-19(11)12)20-7-5-10(18-20)13(16)21/h2-7,9H,8,15H2,1H3,(H2,16,21). The van der Waals surface area contributed by atoms with E-state index in [0.29, 0.717) is 12.2 Å². The molecule has 21 heavy (non-hydrogen) atoms. The third kappa shape index (κ3) is 2.38. The zero-order valence-electron chi connectivity index (χ0n) is 11.6. The quantitative estimate of drug-likeness (QED) is 0.728. The van der Waals surface area contributed by atoms with Crippen LogP contribution in [0.5, 0.6) is 0 Å². The summed E-state index contributed by atoms with van der Waals surface area (Å²) in [6, 6.07) is 7.31. The average molecular weight is 284 g/mol. The molecule has 1 atom stereocenters. The summed E-state index contributed by atoms with van der Waals surface area (Å²) in [6.45, 7) is 1.93. The van der Waals surface area contributed by atoms with Gasteiger partial charge in [-0.15, -0.1) is 0 Å². The maximum absolute atomic E-state index is 11.2. The van der Waals surface area contributed by atoms with Crippen LogP contribution in [-0.2, 0) is 6.42 Å². The van der Waals surface area contributed by atoms with E-state index < -0.39 is 5.91 Å². The number of fused-ring (bicyclic) bond motifs is 1. The molecule has 0 radical (unpaired) electrons. The Kier molecular flexibility index (Phi) is 3.19. The van der Waals surface area contributed by atoms with Crippen molar-refractivity contribution in [1.29, 1.82) is 0 Å². The molecule has 3 aromatic heterocycles. The average Bonchev–Trinajstić information content (AvgIpc) is 3.03. The lowest BCUT2D eigenvalue weighted by Crippen LogP contribution is -2.20. The van der Waals surface area contributed by atoms with E-state index >= 15 is 0 Å². The van der Waals surface area contributed by atoms with Gasteiger partial charge in [0.25, 0.3) is 5.91 Å². The van der Waals surface area contributed by atoms with E-state index in [-0.39, 0.29) is 11.7 Å². The Bertz CT molecular complexity index is 801. The van der Waals surface area contributed by atoms with Gasteiger partial charge in [0.15, 0.2) is 5.82 Å². The van der Waals surface area contributed by atoms with E-state index in [2.05, 4.69) is 10.1 Å². The molecule has 0 fully saturated rings. The van der Waals surface area contributed by atoms with E-state index in [0.717, 1.165) is 11.3 Å². The number of primary amides is 1. The molecule has 3 rings (SSSR count). The monoisotopic (exact) mass is 284 g/mol. The number of pyridine rings is 1. The largest absolute Gasteiger partial charge is 0.364 e. The number of hydrogen-bond donors (Lipinski definition) is 2. The molecule has 0 aliphatic rings. The van der Waals surface area contributed by atoms with Crippen LogP contribution in [0.15, 0.2) is 36.7 Å². The van der Waals surface area contributed by atoms with Gasteiger partial charge >= 0.3 is 0 Å². The summed E-state index contributed by atoms with van der Waals surface area (Å²) in [5.74, 6) is 0.0947. The van der Waals surface area contributed by atoms with E-state index in [1.807, 2.05) is 35.7 Å². The molecule has 7 nitrogen and oxygen atoms in total. The fraction of sp³-hybridized carbons (Fsp3) is 0.214. The lowest BCUT2D eigenvalue weighted by Gasteiger charge is -2.07. The summed E-state index contributed by atoms with van der Waals surface area (Å²) >= 11 is 0. The highest BCUT2D eigenvalue weighted by molar-refractivity contribution is 5.90. The summed E-state index contributed by atoms with van der Waals surface area (Å²) in [4.78, 5) is 15.7. The Balaban J connectivity index is 2.17. The topological polar surface area (TPSA) is 104 Å². The van der Waals surface area contributed by atoms with Crippen LogP contribution in [-0.4, -0.2) is 31.1 Å². The second-order valence-corrected chi connectivity index (χ2v) is 5.00. The van der Waals surface area contributed by atoms with Crippen LogP contribution >= 0.6 is 0 Å². The first-order valence-corrected chi connectivity index (χ1v) is 6.63. The number of aromatic nitrogens is 4. The third-order valence-corrected chi connectivity index (χ3v) is 3.18. The molecule has 0 bridgehead atoms. The molecule has 0 aromatic carbocycles. The summed E-state index contributed by atoms with van der Waals surface area (Å²) in [6.07, 6.45) is 4.25. The second kappa shape index (κ2) is 5.02. The Morgan fingerprint density at radius 1 is 1.33 bits per heavy atom. The first kappa shape index (κ1) is 13.3. The van der Waals surface area contributed by atoms with Crippen molar-refractivity contribution < 1.29 is 4.79 Å². The van der Waals surface area contributed by atoms with Gasteiger partial charge in [-0.1, -0.05) is 6.07 Å². The van der Waals surface area contributed by atoms with Gasteiger partial charge in [-0.2, -0.15) is 5.10 Å². The first-order valence-electron chi connectivity index (χ1n) is 6.63. The molecular weight excluding hydrogens is 268 g/mol. The van der Waals surface area contributed by atoms with Gasteiger partial charge in [-0.25, -0.2) is 9.67 Å². The molecule has 0 saturated heterocycles. The molecule has 1 amide bonds. The lowest BCUT2D eigenvalue weighted by atomic mass is 10.2. The number of rotatable bonds is 4. The van der Waals surface area contributed by atoms with Crippen molar-refractivity contribution in [3.8, 4) is 5.82 Å². The zero-order valence-corrected chi connectivity index (χ0v) is 11.6. The van der Waals surface area contributed by atoms with E-state index in [1.54, 1.807) is 16.9 Å². The summed E-state index contributed by atoms with van der Waals surface area (Å²) in [5.41, 5.74) is 13.1. The molecule has 1 unspecified atom stereocenters. The first-order chi connectivity index (χ1) is 10.1. The van der Waals surface area contributed by atoms with Gasteiger partial charge in [-0.05, 0) is 25.1 Å². The summed E-state index contributed by atoms with van der Waals surface area (Å²) in [5, 5.41) is 4.17. The SMILES string of the molecule is CC(N)Cc1c(-n2ccc(C(N)=O)n2)nc2ccccn12. The van der Waals surface area contributed by atoms with Gasteiger partial charge in [0.1, 0.15) is 11.3 Å². The maximum atomic E-state index is 11.2. The minimum atomic E-state index is -0.564. The summed E-state index contributed by atoms with van der Waals surface area (Å²) in [7, 11) is 0. The molecule has 0 saturated carbocycles. The molecule has 3 heterocycles. The van der Waals surface area contributed by atoms with Crippen LogP contribution in [0.2, 0.25) is 0 Å². The second-order valence-electron chi connectivity index (χ2n) is 5.00. The lowest BCUT2D eigenvalue weighted by molar-refractivity contribution is 0.0995. The highest BCUT2D eigenvalue weighted by Crippen LogP contribution is 2.18. The number of amides is 1. The van der Waals surface area contributed by atoms with Gasteiger partial charge in [0, 0.05) is 24.9 Å². The van der Waals surface area contributed by atoms with Crippen LogP contribution in [0.25, 0.3) is 11.5 Å². The van der Waals surface area contributed by atoms with Crippen LogP contribution in [0, 0.1) is 0 Å². The summed E-state index contributed by atoms with van der Waals surface area (Å²) < 4.78 is 3.54. The van der Waals surface area contributed by atoms with Crippen molar-refractivity contribution in [2.24, 2.45) is 11.5 Å².